The lowest BCUT2D eigenvalue weighted by atomic mass is 10.0. The average molecular weight is 343 g/mol. The Labute approximate surface area is 146 Å². The summed E-state index contributed by atoms with van der Waals surface area (Å²) in [5.74, 6) is 1.04. The first-order valence-corrected chi connectivity index (χ1v) is 8.47. The van der Waals surface area contributed by atoms with Gasteiger partial charge >= 0.3 is 0 Å². The second-order valence-corrected chi connectivity index (χ2v) is 6.13. The molecule has 0 bridgehead atoms. The Bertz CT molecular complexity index is 749. The van der Waals surface area contributed by atoms with Crippen LogP contribution < -0.4 is 15.0 Å². The van der Waals surface area contributed by atoms with Gasteiger partial charge in [0.1, 0.15) is 30.2 Å². The fourth-order valence-electron chi connectivity index (χ4n) is 3.00. The van der Waals surface area contributed by atoms with Crippen LogP contribution in [0.25, 0.3) is 0 Å². The molecule has 2 heterocycles. The number of pyridine rings is 1. The van der Waals surface area contributed by atoms with Crippen LogP contribution in [0.2, 0.25) is 0 Å². The number of halogens is 1. The van der Waals surface area contributed by atoms with Crippen molar-refractivity contribution in [1.82, 2.24) is 4.98 Å². The molecule has 1 aromatic carbocycles. The zero-order valence-corrected chi connectivity index (χ0v) is 14.5. The van der Waals surface area contributed by atoms with E-state index in [0.29, 0.717) is 25.5 Å². The second kappa shape index (κ2) is 7.51. The van der Waals surface area contributed by atoms with Crippen LogP contribution in [0.4, 0.5) is 15.9 Å². The zero-order valence-electron chi connectivity index (χ0n) is 14.5. The number of benzene rings is 1. The summed E-state index contributed by atoms with van der Waals surface area (Å²) in [5, 5.41) is 3.26. The van der Waals surface area contributed by atoms with Crippen LogP contribution >= 0.6 is 0 Å². The van der Waals surface area contributed by atoms with Crippen molar-refractivity contribution < 1.29 is 13.9 Å². The highest BCUT2D eigenvalue weighted by molar-refractivity contribution is 5.69. The van der Waals surface area contributed by atoms with Gasteiger partial charge in [-0.3, -0.25) is 0 Å². The molecule has 25 heavy (non-hydrogen) atoms. The standard InChI is InChI=1S/C19H22FN3O2/c1-3-21-18-15(10-14-4-6-16(20)7-5-14)11-17-19(22-18)25-12-13(2)23(17)8-9-24/h4-7,9,11,13H,3,8,10,12H2,1-2H3,(H,21,22)/t13-/m0/s1. The van der Waals surface area contributed by atoms with Crippen molar-refractivity contribution >= 4 is 17.8 Å². The summed E-state index contributed by atoms with van der Waals surface area (Å²) in [5.41, 5.74) is 2.81. The Balaban J connectivity index is 2.00. The van der Waals surface area contributed by atoms with Crippen molar-refractivity contribution in [2.45, 2.75) is 26.3 Å². The van der Waals surface area contributed by atoms with Crippen LogP contribution in [0.3, 0.4) is 0 Å². The smallest absolute Gasteiger partial charge is 0.239 e. The summed E-state index contributed by atoms with van der Waals surface area (Å²) in [6.07, 6.45) is 1.51. The summed E-state index contributed by atoms with van der Waals surface area (Å²) in [6, 6.07) is 8.57. The Kier molecular flexibility index (Phi) is 5.16. The third kappa shape index (κ3) is 3.73. The number of aldehydes is 1. The third-order valence-corrected chi connectivity index (χ3v) is 4.27. The zero-order chi connectivity index (χ0) is 17.8. The molecule has 2 aromatic rings. The summed E-state index contributed by atoms with van der Waals surface area (Å²) >= 11 is 0. The van der Waals surface area contributed by atoms with Crippen LogP contribution in [0, 0.1) is 5.82 Å². The molecule has 0 unspecified atom stereocenters. The average Bonchev–Trinajstić information content (AvgIpc) is 2.61. The molecule has 0 fully saturated rings. The Morgan fingerprint density at radius 1 is 1.40 bits per heavy atom. The number of aromatic nitrogens is 1. The first-order valence-electron chi connectivity index (χ1n) is 8.47. The van der Waals surface area contributed by atoms with E-state index < -0.39 is 0 Å². The van der Waals surface area contributed by atoms with E-state index >= 15 is 0 Å². The number of fused-ring (bicyclic) bond motifs is 1. The largest absolute Gasteiger partial charge is 0.474 e. The SMILES string of the molecule is CCNc1nc2c(cc1Cc1ccc(F)cc1)N(CC=O)[C@@H](C)CO2. The normalized spacial score (nSPS) is 16.1. The molecule has 0 aliphatic carbocycles. The number of nitrogens with one attached hydrogen (secondary N) is 1. The number of hydrogen-bond acceptors (Lipinski definition) is 5. The van der Waals surface area contributed by atoms with E-state index in [-0.39, 0.29) is 11.9 Å². The molecular formula is C19H22FN3O2. The molecule has 0 saturated heterocycles. The fourth-order valence-corrected chi connectivity index (χ4v) is 3.00. The number of anilines is 2. The Morgan fingerprint density at radius 3 is 2.84 bits per heavy atom. The van der Waals surface area contributed by atoms with Crippen molar-refractivity contribution in [3.8, 4) is 5.88 Å². The van der Waals surface area contributed by atoms with Crippen molar-refractivity contribution in [3.05, 3.63) is 47.3 Å². The highest BCUT2D eigenvalue weighted by atomic mass is 19.1. The van der Waals surface area contributed by atoms with Gasteiger partial charge in [-0.2, -0.15) is 4.98 Å². The molecule has 1 aliphatic rings. The molecule has 1 N–H and O–H groups in total. The van der Waals surface area contributed by atoms with Gasteiger partial charge in [-0.05, 0) is 37.6 Å². The van der Waals surface area contributed by atoms with E-state index in [1.807, 2.05) is 24.8 Å². The minimum atomic E-state index is -0.251. The minimum Gasteiger partial charge on any atom is -0.474 e. The maximum atomic E-state index is 13.1. The second-order valence-electron chi connectivity index (χ2n) is 6.13. The highest BCUT2D eigenvalue weighted by Gasteiger charge is 2.27. The summed E-state index contributed by atoms with van der Waals surface area (Å²) < 4.78 is 18.9. The van der Waals surface area contributed by atoms with E-state index in [2.05, 4.69) is 10.3 Å². The van der Waals surface area contributed by atoms with Gasteiger partial charge in [0, 0.05) is 18.5 Å². The Morgan fingerprint density at radius 2 is 2.16 bits per heavy atom. The molecule has 0 radical (unpaired) electrons. The predicted octanol–water partition coefficient (Wildman–Crippen LogP) is 3.03. The summed E-state index contributed by atoms with van der Waals surface area (Å²) in [7, 11) is 0. The number of carbonyl (C=O) groups is 1. The predicted molar refractivity (Wildman–Crippen MR) is 96.0 cm³/mol. The van der Waals surface area contributed by atoms with Crippen molar-refractivity contribution in [2.75, 3.05) is 29.9 Å². The van der Waals surface area contributed by atoms with E-state index in [9.17, 15) is 9.18 Å². The lowest BCUT2D eigenvalue weighted by Gasteiger charge is -2.35. The van der Waals surface area contributed by atoms with Gasteiger partial charge in [0.25, 0.3) is 0 Å². The maximum absolute atomic E-state index is 13.1. The number of ether oxygens (including phenoxy) is 1. The number of hydrogen-bond donors (Lipinski definition) is 1. The monoisotopic (exact) mass is 343 g/mol. The molecule has 5 nitrogen and oxygen atoms in total. The lowest BCUT2D eigenvalue weighted by molar-refractivity contribution is -0.106. The maximum Gasteiger partial charge on any atom is 0.239 e. The molecule has 0 spiro atoms. The minimum absolute atomic E-state index is 0.100. The van der Waals surface area contributed by atoms with E-state index in [4.69, 9.17) is 4.74 Å². The molecule has 1 aromatic heterocycles. The van der Waals surface area contributed by atoms with Crippen LogP contribution in [-0.2, 0) is 11.2 Å². The van der Waals surface area contributed by atoms with Crippen LogP contribution in [0.5, 0.6) is 5.88 Å². The first-order chi connectivity index (χ1) is 12.1. The molecule has 6 heteroatoms. The molecule has 3 rings (SSSR count). The molecule has 1 atom stereocenters. The molecule has 132 valence electrons. The summed E-state index contributed by atoms with van der Waals surface area (Å²) in [4.78, 5) is 17.7. The first kappa shape index (κ1) is 17.2. The molecule has 0 amide bonds. The summed E-state index contributed by atoms with van der Waals surface area (Å²) in [6.45, 7) is 5.55. The number of carbonyl (C=O) groups excluding carboxylic acids is 1. The fraction of sp³-hybridized carbons (Fsp3) is 0.368. The van der Waals surface area contributed by atoms with Crippen LogP contribution in [-0.4, -0.2) is 37.0 Å². The van der Waals surface area contributed by atoms with Gasteiger partial charge in [-0.1, -0.05) is 12.1 Å². The van der Waals surface area contributed by atoms with Gasteiger partial charge < -0.3 is 19.7 Å². The topological polar surface area (TPSA) is 54.5 Å². The van der Waals surface area contributed by atoms with E-state index in [0.717, 1.165) is 35.5 Å². The van der Waals surface area contributed by atoms with Crippen molar-refractivity contribution in [3.63, 3.8) is 0 Å². The van der Waals surface area contributed by atoms with E-state index in [1.165, 1.54) is 12.1 Å². The van der Waals surface area contributed by atoms with Crippen molar-refractivity contribution in [1.29, 1.82) is 0 Å². The van der Waals surface area contributed by atoms with Crippen LogP contribution in [0.1, 0.15) is 25.0 Å². The van der Waals surface area contributed by atoms with Crippen molar-refractivity contribution in [2.24, 2.45) is 0 Å². The van der Waals surface area contributed by atoms with Gasteiger partial charge in [0.05, 0.1) is 12.6 Å². The Hall–Kier alpha value is -2.63. The highest BCUT2D eigenvalue weighted by Crippen LogP contribution is 2.36. The van der Waals surface area contributed by atoms with Gasteiger partial charge in [0.2, 0.25) is 5.88 Å². The van der Waals surface area contributed by atoms with Gasteiger partial charge in [-0.25, -0.2) is 4.39 Å². The van der Waals surface area contributed by atoms with Crippen LogP contribution in [0.15, 0.2) is 30.3 Å². The van der Waals surface area contributed by atoms with Gasteiger partial charge in [0.15, 0.2) is 0 Å². The lowest BCUT2D eigenvalue weighted by Crippen LogP contribution is -2.42. The number of nitrogens with zero attached hydrogens (tertiary/aromatic N) is 2. The van der Waals surface area contributed by atoms with Gasteiger partial charge in [-0.15, -0.1) is 0 Å². The number of rotatable bonds is 6. The molecule has 1 aliphatic heterocycles. The molecular weight excluding hydrogens is 321 g/mol. The third-order valence-electron chi connectivity index (χ3n) is 4.27. The quantitative estimate of drug-likeness (QED) is 0.817. The molecule has 0 saturated carbocycles. The van der Waals surface area contributed by atoms with E-state index in [1.54, 1.807) is 12.1 Å².